The van der Waals surface area contributed by atoms with Crippen LogP contribution in [0.25, 0.3) is 0 Å². The molecule has 2 fully saturated rings. The number of hydrogen-bond donors (Lipinski definition) is 2. The van der Waals surface area contributed by atoms with Crippen molar-refractivity contribution in [2.24, 2.45) is 23.2 Å². The highest BCUT2D eigenvalue weighted by Gasteiger charge is 2.56. The first-order valence-electron chi connectivity index (χ1n) is 8.50. The predicted molar refractivity (Wildman–Crippen MR) is 83.3 cm³/mol. The lowest BCUT2D eigenvalue weighted by Gasteiger charge is -2.50. The summed E-state index contributed by atoms with van der Waals surface area (Å²) in [5.74, 6) is 2.87. The van der Waals surface area contributed by atoms with E-state index in [1.165, 1.54) is 30.4 Å². The molecule has 6 atom stereocenters. The van der Waals surface area contributed by atoms with Crippen molar-refractivity contribution in [1.82, 2.24) is 0 Å². The van der Waals surface area contributed by atoms with E-state index < -0.39 is 0 Å². The van der Waals surface area contributed by atoms with E-state index in [9.17, 15) is 10.2 Å². The van der Waals surface area contributed by atoms with Gasteiger partial charge < -0.3 is 10.2 Å². The summed E-state index contributed by atoms with van der Waals surface area (Å²) in [7, 11) is 0. The van der Waals surface area contributed by atoms with Crippen LogP contribution in [0.2, 0.25) is 0 Å². The number of benzene rings is 1. The topological polar surface area (TPSA) is 40.5 Å². The van der Waals surface area contributed by atoms with Crippen LogP contribution in [0.1, 0.15) is 56.6 Å². The van der Waals surface area contributed by atoms with Crippen LogP contribution in [0.15, 0.2) is 18.2 Å². The maximum Gasteiger partial charge on any atom is 0.115 e. The minimum absolute atomic E-state index is 0.111. The Morgan fingerprint density at radius 2 is 2.05 bits per heavy atom. The number of phenolic OH excluding ortho intramolecular Hbond substituents is 1. The van der Waals surface area contributed by atoms with Gasteiger partial charge in [-0.25, -0.2) is 0 Å². The van der Waals surface area contributed by atoms with Crippen molar-refractivity contribution in [3.8, 4) is 5.75 Å². The van der Waals surface area contributed by atoms with E-state index in [0.717, 1.165) is 18.8 Å². The van der Waals surface area contributed by atoms with Crippen LogP contribution in [-0.2, 0) is 6.42 Å². The van der Waals surface area contributed by atoms with Gasteiger partial charge in [0.05, 0.1) is 6.10 Å². The standard InChI is InChI=1S/C19H26O2/c1-11-18(21)10-17-16-5-3-12-9-13(20)4-6-14(12)15(16)7-8-19(11,17)2/h4,6,9,11,15-18,20-21H,3,5,7-8,10H2,1-2H3/t11-,15+,16+,17-,18+,19+/m0/s1. The van der Waals surface area contributed by atoms with Gasteiger partial charge in [0.2, 0.25) is 0 Å². The zero-order chi connectivity index (χ0) is 14.8. The zero-order valence-electron chi connectivity index (χ0n) is 13.0. The molecular weight excluding hydrogens is 260 g/mol. The molecule has 2 heteroatoms. The number of hydrogen-bond acceptors (Lipinski definition) is 2. The van der Waals surface area contributed by atoms with E-state index >= 15 is 0 Å². The minimum Gasteiger partial charge on any atom is -0.508 e. The van der Waals surface area contributed by atoms with Crippen molar-refractivity contribution in [1.29, 1.82) is 0 Å². The van der Waals surface area contributed by atoms with E-state index in [4.69, 9.17) is 0 Å². The molecule has 2 nitrogen and oxygen atoms in total. The van der Waals surface area contributed by atoms with Gasteiger partial charge >= 0.3 is 0 Å². The Morgan fingerprint density at radius 1 is 1.24 bits per heavy atom. The maximum absolute atomic E-state index is 10.4. The van der Waals surface area contributed by atoms with Gasteiger partial charge in [-0.3, -0.25) is 0 Å². The third-order valence-electron chi connectivity index (χ3n) is 7.26. The highest BCUT2D eigenvalue weighted by atomic mass is 16.3. The SMILES string of the molecule is C[C@H]1[C@H](O)C[C@H]2[C@@H]3CCc4cc(O)ccc4[C@H]3CC[C@]12C. The summed E-state index contributed by atoms with van der Waals surface area (Å²) in [5.41, 5.74) is 3.15. The summed E-state index contributed by atoms with van der Waals surface area (Å²) in [4.78, 5) is 0. The Labute approximate surface area is 127 Å². The molecule has 0 radical (unpaired) electrons. The summed E-state index contributed by atoms with van der Waals surface area (Å²) in [6.07, 6.45) is 5.67. The van der Waals surface area contributed by atoms with Crippen LogP contribution in [0.4, 0.5) is 0 Å². The Kier molecular flexibility index (Phi) is 2.91. The molecule has 21 heavy (non-hydrogen) atoms. The maximum atomic E-state index is 10.4. The third kappa shape index (κ3) is 1.81. The summed E-state index contributed by atoms with van der Waals surface area (Å²) in [5, 5.41) is 20.1. The monoisotopic (exact) mass is 286 g/mol. The number of phenols is 1. The molecule has 2 N–H and O–H groups in total. The van der Waals surface area contributed by atoms with Crippen LogP contribution in [0.5, 0.6) is 5.75 Å². The van der Waals surface area contributed by atoms with Crippen molar-refractivity contribution < 1.29 is 10.2 Å². The second-order valence-corrected chi connectivity index (χ2v) is 7.93. The highest BCUT2D eigenvalue weighted by Crippen LogP contribution is 2.62. The van der Waals surface area contributed by atoms with Crippen LogP contribution >= 0.6 is 0 Å². The Hall–Kier alpha value is -1.02. The zero-order valence-corrected chi connectivity index (χ0v) is 13.0. The molecule has 0 spiro atoms. The van der Waals surface area contributed by atoms with Gasteiger partial charge in [-0.05, 0) is 84.5 Å². The molecule has 0 bridgehead atoms. The molecule has 0 aliphatic heterocycles. The van der Waals surface area contributed by atoms with Crippen molar-refractivity contribution in [2.45, 2.75) is 58.0 Å². The fraction of sp³-hybridized carbons (Fsp3) is 0.684. The lowest BCUT2D eigenvalue weighted by molar-refractivity contribution is 0.0245. The number of aliphatic hydroxyl groups excluding tert-OH is 1. The Balaban J connectivity index is 1.71. The second kappa shape index (κ2) is 4.49. The van der Waals surface area contributed by atoms with E-state index in [-0.39, 0.29) is 6.10 Å². The molecule has 114 valence electrons. The molecule has 0 unspecified atom stereocenters. The molecule has 1 aromatic carbocycles. The normalized spacial score (nSPS) is 44.8. The molecule has 0 saturated heterocycles. The molecule has 0 aromatic heterocycles. The smallest absolute Gasteiger partial charge is 0.115 e. The van der Waals surface area contributed by atoms with Crippen LogP contribution in [0, 0.1) is 23.2 Å². The third-order valence-corrected chi connectivity index (χ3v) is 7.26. The fourth-order valence-electron chi connectivity index (χ4n) is 5.83. The van der Waals surface area contributed by atoms with E-state index in [2.05, 4.69) is 19.9 Å². The van der Waals surface area contributed by atoms with Gasteiger partial charge in [-0.1, -0.05) is 19.9 Å². The minimum atomic E-state index is -0.111. The van der Waals surface area contributed by atoms with E-state index in [0.29, 0.717) is 28.9 Å². The first-order chi connectivity index (χ1) is 10.0. The first-order valence-corrected chi connectivity index (χ1v) is 8.50. The summed E-state index contributed by atoms with van der Waals surface area (Å²) < 4.78 is 0. The van der Waals surface area contributed by atoms with Gasteiger partial charge in [-0.2, -0.15) is 0 Å². The average molecular weight is 286 g/mol. The highest BCUT2D eigenvalue weighted by molar-refractivity contribution is 5.40. The summed E-state index contributed by atoms with van der Waals surface area (Å²) in [6.45, 7) is 4.67. The van der Waals surface area contributed by atoms with E-state index in [1.807, 2.05) is 12.1 Å². The quantitative estimate of drug-likeness (QED) is 0.760. The average Bonchev–Trinajstić information content (AvgIpc) is 2.70. The first kappa shape index (κ1) is 13.6. The van der Waals surface area contributed by atoms with Crippen molar-refractivity contribution in [3.05, 3.63) is 29.3 Å². The van der Waals surface area contributed by atoms with Gasteiger partial charge in [0.1, 0.15) is 5.75 Å². The summed E-state index contributed by atoms with van der Waals surface area (Å²) in [6, 6.07) is 5.96. The number of fused-ring (bicyclic) bond motifs is 5. The lowest BCUT2D eigenvalue weighted by atomic mass is 9.54. The lowest BCUT2D eigenvalue weighted by Crippen LogP contribution is -2.42. The largest absolute Gasteiger partial charge is 0.508 e. The van der Waals surface area contributed by atoms with Gasteiger partial charge in [-0.15, -0.1) is 0 Å². The van der Waals surface area contributed by atoms with Crippen molar-refractivity contribution in [3.63, 3.8) is 0 Å². The molecule has 4 rings (SSSR count). The fourth-order valence-corrected chi connectivity index (χ4v) is 5.83. The van der Waals surface area contributed by atoms with Gasteiger partial charge in [0.25, 0.3) is 0 Å². The molecule has 2 saturated carbocycles. The van der Waals surface area contributed by atoms with Gasteiger partial charge in [0, 0.05) is 0 Å². The molecule has 0 amide bonds. The number of rotatable bonds is 0. The van der Waals surface area contributed by atoms with Crippen LogP contribution in [0.3, 0.4) is 0 Å². The number of aryl methyl sites for hydroxylation is 1. The molecule has 3 aliphatic rings. The van der Waals surface area contributed by atoms with Crippen LogP contribution in [-0.4, -0.2) is 16.3 Å². The molecule has 0 heterocycles. The van der Waals surface area contributed by atoms with Crippen molar-refractivity contribution in [2.75, 3.05) is 0 Å². The Bertz CT molecular complexity index is 567. The number of aliphatic hydroxyl groups is 1. The molecular formula is C19H26O2. The summed E-state index contributed by atoms with van der Waals surface area (Å²) >= 11 is 0. The van der Waals surface area contributed by atoms with Crippen LogP contribution < -0.4 is 0 Å². The van der Waals surface area contributed by atoms with E-state index in [1.54, 1.807) is 0 Å². The number of aromatic hydroxyl groups is 1. The predicted octanol–water partition coefficient (Wildman–Crippen LogP) is 3.86. The van der Waals surface area contributed by atoms with Gasteiger partial charge in [0.15, 0.2) is 0 Å². The molecule has 3 aliphatic carbocycles. The Morgan fingerprint density at radius 3 is 2.86 bits per heavy atom. The molecule has 1 aromatic rings. The van der Waals surface area contributed by atoms with Crippen molar-refractivity contribution >= 4 is 0 Å². The second-order valence-electron chi connectivity index (χ2n) is 7.93.